The van der Waals surface area contributed by atoms with Gasteiger partial charge in [-0.05, 0) is 63.9 Å². The summed E-state index contributed by atoms with van der Waals surface area (Å²) in [6.07, 6.45) is 1.86. The van der Waals surface area contributed by atoms with E-state index in [1.807, 2.05) is 64.1 Å². The number of carbonyl (C=O) groups excluding carboxylic acids is 1. The van der Waals surface area contributed by atoms with Gasteiger partial charge in [-0.25, -0.2) is 11.0 Å². The lowest BCUT2D eigenvalue weighted by molar-refractivity contribution is -0.160. The third-order valence-corrected chi connectivity index (χ3v) is 5.07. The van der Waals surface area contributed by atoms with Gasteiger partial charge in [-0.15, -0.1) is 5.10 Å². The smallest absolute Gasteiger partial charge is 0.309 e. The van der Waals surface area contributed by atoms with E-state index < -0.39 is 5.60 Å². The van der Waals surface area contributed by atoms with Gasteiger partial charge in [0.2, 0.25) is 0 Å². The topological polar surface area (TPSA) is 103 Å². The highest BCUT2D eigenvalue weighted by atomic mass is 79.9. The Bertz CT molecular complexity index is 894. The minimum absolute atomic E-state index is 0.253. The highest BCUT2D eigenvalue weighted by Crippen LogP contribution is 2.18. The summed E-state index contributed by atoms with van der Waals surface area (Å²) >= 11 is 3.36. The quantitative estimate of drug-likeness (QED) is 0.144. The number of hydrogen-bond donors (Lipinski definition) is 2. The lowest BCUT2D eigenvalue weighted by atomic mass is 9.99. The molecule has 188 valence electrons. The van der Waals surface area contributed by atoms with E-state index in [1.165, 1.54) is 10.7 Å². The minimum atomic E-state index is -0.525. The van der Waals surface area contributed by atoms with Crippen molar-refractivity contribution >= 4 is 27.7 Å². The van der Waals surface area contributed by atoms with Crippen LogP contribution in [0.3, 0.4) is 0 Å². The molecule has 2 aromatic rings. The van der Waals surface area contributed by atoms with Crippen molar-refractivity contribution in [2.75, 3.05) is 7.11 Å². The maximum atomic E-state index is 12.3. The van der Waals surface area contributed by atoms with Gasteiger partial charge in [0.15, 0.2) is 0 Å². The molecule has 7 nitrogen and oxygen atoms in total. The van der Waals surface area contributed by atoms with Gasteiger partial charge in [-0.1, -0.05) is 59.1 Å². The van der Waals surface area contributed by atoms with Crippen molar-refractivity contribution in [2.45, 2.75) is 66.0 Å². The Labute approximate surface area is 212 Å². The summed E-state index contributed by atoms with van der Waals surface area (Å²) < 4.78 is 11.7. The molecule has 2 aromatic carbocycles. The van der Waals surface area contributed by atoms with Crippen molar-refractivity contribution in [3.05, 3.63) is 64.1 Å². The van der Waals surface area contributed by atoms with Crippen LogP contribution in [0.2, 0.25) is 0 Å². The molecule has 0 fully saturated rings. The van der Waals surface area contributed by atoms with Gasteiger partial charge in [0.25, 0.3) is 0 Å². The Hall–Kier alpha value is -2.58. The molecule has 0 saturated heterocycles. The first-order chi connectivity index (χ1) is 15.9. The van der Waals surface area contributed by atoms with E-state index in [0.717, 1.165) is 22.2 Å². The zero-order valence-corrected chi connectivity index (χ0v) is 22.8. The van der Waals surface area contributed by atoms with Gasteiger partial charge in [0.05, 0.1) is 19.6 Å². The number of nitrogens with zero attached hydrogens (tertiary/aromatic N) is 2. The molecule has 1 unspecified atom stereocenters. The van der Waals surface area contributed by atoms with Crippen LogP contribution in [0.5, 0.6) is 5.75 Å². The molecule has 0 spiro atoms. The summed E-state index contributed by atoms with van der Waals surface area (Å²) in [5.74, 6) is 6.44. The zero-order valence-electron chi connectivity index (χ0n) is 21.2. The summed E-state index contributed by atoms with van der Waals surface area (Å²) in [7, 11) is 1.62. The fourth-order valence-electron chi connectivity index (χ4n) is 3.05. The third kappa shape index (κ3) is 12.6. The average Bonchev–Trinajstić information content (AvgIpc) is 2.73. The van der Waals surface area contributed by atoms with E-state index in [1.54, 1.807) is 7.11 Å². The van der Waals surface area contributed by atoms with Crippen molar-refractivity contribution in [1.29, 1.82) is 0 Å². The number of rotatable bonds is 9. The number of hydrazine groups is 1. The van der Waals surface area contributed by atoms with E-state index in [2.05, 4.69) is 40.1 Å². The Morgan fingerprint density at radius 1 is 1.18 bits per heavy atom. The number of esters is 1. The second-order valence-electron chi connectivity index (χ2n) is 9.06. The molecule has 8 heteroatoms. The normalized spacial score (nSPS) is 12.3. The third-order valence-electron chi connectivity index (χ3n) is 4.57. The zero-order chi connectivity index (χ0) is 25.7. The molecule has 0 aliphatic rings. The number of halogens is 1. The first-order valence-electron chi connectivity index (χ1n) is 11.4. The summed E-state index contributed by atoms with van der Waals surface area (Å²) in [5, 5.41) is 5.46. The molecule has 0 saturated carbocycles. The maximum Gasteiger partial charge on any atom is 0.309 e. The van der Waals surface area contributed by atoms with E-state index in [0.29, 0.717) is 25.2 Å². The maximum absolute atomic E-state index is 12.3. The Balaban J connectivity index is 0.000000605. The van der Waals surface area contributed by atoms with Crippen LogP contribution >= 0.6 is 15.9 Å². The summed E-state index contributed by atoms with van der Waals surface area (Å²) in [5.41, 5.74) is 7.75. The molecule has 0 heterocycles. The van der Waals surface area contributed by atoms with Gasteiger partial charge in [-0.2, -0.15) is 0 Å². The Morgan fingerprint density at radius 2 is 1.82 bits per heavy atom. The monoisotopic (exact) mass is 534 g/mol. The summed E-state index contributed by atoms with van der Waals surface area (Å²) in [4.78, 5) is 12.3. The molecule has 0 bridgehead atoms. The molecule has 1 atom stereocenters. The SMILES string of the molecule is CCCC(C/C(N)=N/N(N)Cc1ccc(OC)cc1)C(=O)OC(C)(C)C.Cc1cccc(Br)c1. The van der Waals surface area contributed by atoms with Gasteiger partial charge >= 0.3 is 5.97 Å². The second-order valence-corrected chi connectivity index (χ2v) is 9.97. The predicted octanol–water partition coefficient (Wildman–Crippen LogP) is 5.55. The largest absolute Gasteiger partial charge is 0.497 e. The van der Waals surface area contributed by atoms with Gasteiger partial charge < -0.3 is 15.2 Å². The molecule has 0 aliphatic heterocycles. The number of carbonyl (C=O) groups is 1. The Morgan fingerprint density at radius 3 is 2.29 bits per heavy atom. The fraction of sp³-hybridized carbons (Fsp3) is 0.462. The van der Waals surface area contributed by atoms with Crippen LogP contribution in [0.4, 0.5) is 0 Å². The molecule has 34 heavy (non-hydrogen) atoms. The van der Waals surface area contributed by atoms with Crippen LogP contribution < -0.4 is 16.3 Å². The van der Waals surface area contributed by atoms with Crippen LogP contribution in [0, 0.1) is 12.8 Å². The first kappa shape index (κ1) is 29.5. The van der Waals surface area contributed by atoms with Gasteiger partial charge in [-0.3, -0.25) is 4.79 Å². The number of ether oxygens (including phenoxy) is 2. The highest BCUT2D eigenvalue weighted by molar-refractivity contribution is 9.10. The van der Waals surface area contributed by atoms with Crippen LogP contribution in [0.15, 0.2) is 58.1 Å². The van der Waals surface area contributed by atoms with Crippen molar-refractivity contribution in [3.63, 3.8) is 0 Å². The molecule has 0 aromatic heterocycles. The predicted molar refractivity (Wildman–Crippen MR) is 142 cm³/mol. The van der Waals surface area contributed by atoms with E-state index in [9.17, 15) is 4.79 Å². The number of aryl methyl sites for hydroxylation is 1. The number of benzene rings is 2. The molecule has 0 amide bonds. The number of nitrogens with two attached hydrogens (primary N) is 2. The van der Waals surface area contributed by atoms with Crippen molar-refractivity contribution < 1.29 is 14.3 Å². The lowest BCUT2D eigenvalue weighted by Crippen LogP contribution is -2.33. The van der Waals surface area contributed by atoms with E-state index in [4.69, 9.17) is 21.1 Å². The number of methoxy groups -OCH3 is 1. The average molecular weight is 536 g/mol. The molecular formula is C26H39BrN4O3. The van der Waals surface area contributed by atoms with Crippen LogP contribution in [-0.2, 0) is 16.1 Å². The van der Waals surface area contributed by atoms with Crippen molar-refractivity contribution in [2.24, 2.45) is 22.6 Å². The number of amidine groups is 1. The van der Waals surface area contributed by atoms with Crippen LogP contribution in [-0.4, -0.2) is 29.6 Å². The summed E-state index contributed by atoms with van der Waals surface area (Å²) in [6, 6.07) is 15.7. The van der Waals surface area contributed by atoms with Gasteiger partial charge in [0, 0.05) is 10.9 Å². The molecule has 0 aliphatic carbocycles. The van der Waals surface area contributed by atoms with Crippen molar-refractivity contribution in [3.8, 4) is 5.75 Å². The van der Waals surface area contributed by atoms with E-state index >= 15 is 0 Å². The highest BCUT2D eigenvalue weighted by Gasteiger charge is 2.25. The van der Waals surface area contributed by atoms with Crippen molar-refractivity contribution in [1.82, 2.24) is 5.12 Å². The molecule has 0 radical (unpaired) electrons. The molecule has 4 N–H and O–H groups in total. The Kier molecular flexibility index (Phi) is 12.7. The van der Waals surface area contributed by atoms with Crippen LogP contribution in [0.25, 0.3) is 0 Å². The number of hydrazone groups is 1. The van der Waals surface area contributed by atoms with E-state index in [-0.39, 0.29) is 11.9 Å². The first-order valence-corrected chi connectivity index (χ1v) is 12.2. The fourth-order valence-corrected chi connectivity index (χ4v) is 3.57. The van der Waals surface area contributed by atoms with Crippen LogP contribution in [0.1, 0.15) is 58.1 Å². The van der Waals surface area contributed by atoms with Gasteiger partial charge in [0.1, 0.15) is 17.2 Å². The lowest BCUT2D eigenvalue weighted by Gasteiger charge is -2.24. The number of hydrogen-bond acceptors (Lipinski definition) is 6. The standard InChI is InChI=1S/C19H32N4O3.C7H7Br/c1-6-7-15(18(24)26-19(2,3)4)12-17(20)22-23(21)13-14-8-10-16(25-5)11-9-14;1-6-3-2-4-7(8)5-6/h8-11,15H,6-7,12-13,21H2,1-5H3,(H2,20,22);2-5H,1H3. The minimum Gasteiger partial charge on any atom is -0.497 e. The summed E-state index contributed by atoms with van der Waals surface area (Å²) in [6.45, 7) is 10.0. The second kappa shape index (κ2) is 14.6. The molecule has 2 rings (SSSR count). The molecular weight excluding hydrogens is 496 g/mol.